The van der Waals surface area contributed by atoms with Crippen LogP contribution in [0.15, 0.2) is 18.2 Å². The summed E-state index contributed by atoms with van der Waals surface area (Å²) in [7, 11) is 0. The van der Waals surface area contributed by atoms with Crippen molar-refractivity contribution in [3.05, 3.63) is 34.9 Å². The molecule has 2 N–H and O–H groups in total. The number of aldehydes is 1. The zero-order chi connectivity index (χ0) is 11.4. The fourth-order valence-electron chi connectivity index (χ4n) is 1.34. The highest BCUT2D eigenvalue weighted by atomic mass is 32.1. The van der Waals surface area contributed by atoms with Crippen molar-refractivity contribution in [2.45, 2.75) is 19.1 Å². The third kappa shape index (κ3) is 2.81. The van der Waals surface area contributed by atoms with Crippen LogP contribution in [0.4, 0.5) is 0 Å². The number of aliphatic hydroxyl groups excluding tert-OH is 2. The Morgan fingerprint density at radius 1 is 1.47 bits per heavy atom. The Hall–Kier alpha value is -0.840. The lowest BCUT2D eigenvalue weighted by atomic mass is 10.00. The fraction of sp³-hybridized carbons (Fsp3) is 0.364. The number of hydrogen-bond donors (Lipinski definition) is 3. The van der Waals surface area contributed by atoms with E-state index in [1.807, 2.05) is 0 Å². The highest BCUT2D eigenvalue weighted by Crippen LogP contribution is 2.20. The Balaban J connectivity index is 2.96. The summed E-state index contributed by atoms with van der Waals surface area (Å²) >= 11 is 3.90. The fourth-order valence-corrected chi connectivity index (χ4v) is 1.54. The largest absolute Gasteiger partial charge is 0.389 e. The molecule has 0 heterocycles. The lowest BCUT2D eigenvalue weighted by Gasteiger charge is -2.16. The highest BCUT2D eigenvalue weighted by Gasteiger charge is 2.17. The number of rotatable bonds is 4. The van der Waals surface area contributed by atoms with Gasteiger partial charge in [-0.25, -0.2) is 0 Å². The van der Waals surface area contributed by atoms with E-state index in [0.29, 0.717) is 11.1 Å². The average Bonchev–Trinajstić information content (AvgIpc) is 2.26. The zero-order valence-electron chi connectivity index (χ0n) is 8.42. The van der Waals surface area contributed by atoms with Gasteiger partial charge >= 0.3 is 0 Å². The number of benzene rings is 1. The molecular weight excluding hydrogens is 212 g/mol. The monoisotopic (exact) mass is 226 g/mol. The van der Waals surface area contributed by atoms with Gasteiger partial charge in [-0.1, -0.05) is 18.2 Å². The van der Waals surface area contributed by atoms with E-state index in [1.54, 1.807) is 25.1 Å². The van der Waals surface area contributed by atoms with E-state index in [2.05, 4.69) is 12.6 Å². The first-order valence-electron chi connectivity index (χ1n) is 4.63. The lowest BCUT2D eigenvalue weighted by molar-refractivity contribution is 0.0337. The molecule has 0 saturated heterocycles. The minimum atomic E-state index is -0.957. The number of hydrogen-bond acceptors (Lipinski definition) is 4. The Morgan fingerprint density at radius 2 is 2.13 bits per heavy atom. The molecule has 1 rings (SSSR count). The van der Waals surface area contributed by atoms with Crippen LogP contribution >= 0.6 is 12.6 Å². The zero-order valence-corrected chi connectivity index (χ0v) is 9.32. The maximum absolute atomic E-state index is 10.6. The predicted molar refractivity (Wildman–Crippen MR) is 61.4 cm³/mol. The summed E-state index contributed by atoms with van der Waals surface area (Å²) in [6.07, 6.45) is -1.09. The van der Waals surface area contributed by atoms with Crippen molar-refractivity contribution < 1.29 is 15.0 Å². The van der Waals surface area contributed by atoms with Crippen LogP contribution in [0.2, 0.25) is 0 Å². The number of thiol groups is 1. The van der Waals surface area contributed by atoms with E-state index in [9.17, 15) is 15.0 Å². The second-order valence-corrected chi connectivity index (χ2v) is 3.79. The van der Waals surface area contributed by atoms with E-state index in [0.717, 1.165) is 11.8 Å². The predicted octanol–water partition coefficient (Wildman–Crippen LogP) is 1.13. The molecule has 4 heteroatoms. The summed E-state index contributed by atoms with van der Waals surface area (Å²) in [6.45, 7) is 1.78. The molecule has 0 aliphatic heterocycles. The van der Waals surface area contributed by atoms with Crippen LogP contribution in [0.3, 0.4) is 0 Å². The molecule has 0 saturated carbocycles. The second kappa shape index (κ2) is 5.30. The van der Waals surface area contributed by atoms with E-state index >= 15 is 0 Å². The molecule has 0 bridgehead atoms. The molecule has 0 amide bonds. The Kier molecular flexibility index (Phi) is 4.32. The first-order chi connectivity index (χ1) is 7.10. The van der Waals surface area contributed by atoms with Crippen LogP contribution in [0, 0.1) is 6.92 Å². The minimum absolute atomic E-state index is 0.190. The smallest absolute Gasteiger partial charge is 0.150 e. The summed E-state index contributed by atoms with van der Waals surface area (Å²) < 4.78 is 0. The van der Waals surface area contributed by atoms with Crippen LogP contribution in [0.1, 0.15) is 27.6 Å². The van der Waals surface area contributed by atoms with Crippen molar-refractivity contribution in [3.63, 3.8) is 0 Å². The van der Waals surface area contributed by atoms with Crippen LogP contribution < -0.4 is 0 Å². The van der Waals surface area contributed by atoms with Gasteiger partial charge in [0.05, 0.1) is 6.10 Å². The maximum atomic E-state index is 10.6. The molecule has 1 aromatic rings. The van der Waals surface area contributed by atoms with Gasteiger partial charge in [0.2, 0.25) is 0 Å². The quantitative estimate of drug-likeness (QED) is 0.533. The van der Waals surface area contributed by atoms with Gasteiger partial charge in [0.25, 0.3) is 0 Å². The molecule has 0 spiro atoms. The van der Waals surface area contributed by atoms with E-state index in [4.69, 9.17) is 0 Å². The van der Waals surface area contributed by atoms with E-state index in [1.165, 1.54) is 0 Å². The Labute approximate surface area is 94.2 Å². The molecule has 0 aliphatic carbocycles. The van der Waals surface area contributed by atoms with Gasteiger partial charge in [0.1, 0.15) is 12.4 Å². The summed E-state index contributed by atoms with van der Waals surface area (Å²) in [5.74, 6) is 0.190. The van der Waals surface area contributed by atoms with Crippen molar-refractivity contribution in [2.24, 2.45) is 0 Å². The molecule has 0 aromatic heterocycles. The number of aliphatic hydroxyl groups is 2. The van der Waals surface area contributed by atoms with Gasteiger partial charge in [-0.15, -0.1) is 0 Å². The Morgan fingerprint density at radius 3 is 2.60 bits per heavy atom. The van der Waals surface area contributed by atoms with Crippen LogP contribution in [-0.2, 0) is 0 Å². The van der Waals surface area contributed by atoms with Crippen LogP contribution in [-0.4, -0.2) is 28.4 Å². The maximum Gasteiger partial charge on any atom is 0.150 e. The van der Waals surface area contributed by atoms with Crippen molar-refractivity contribution >= 4 is 18.9 Å². The van der Waals surface area contributed by atoms with Gasteiger partial charge in [-0.05, 0) is 18.1 Å². The molecule has 15 heavy (non-hydrogen) atoms. The minimum Gasteiger partial charge on any atom is -0.389 e. The molecule has 1 aromatic carbocycles. The molecule has 82 valence electrons. The van der Waals surface area contributed by atoms with Crippen molar-refractivity contribution in [1.82, 2.24) is 0 Å². The molecule has 2 unspecified atom stereocenters. The number of carbonyl (C=O) groups is 1. The first kappa shape index (κ1) is 12.2. The van der Waals surface area contributed by atoms with Gasteiger partial charge < -0.3 is 10.2 Å². The SMILES string of the molecule is Cc1cc(C(O)C(O)CS)ccc1C=O. The first-order valence-corrected chi connectivity index (χ1v) is 5.26. The molecule has 0 radical (unpaired) electrons. The van der Waals surface area contributed by atoms with Crippen molar-refractivity contribution in [3.8, 4) is 0 Å². The number of aryl methyl sites for hydroxylation is 1. The Bertz CT molecular complexity index is 352. The lowest BCUT2D eigenvalue weighted by Crippen LogP contribution is -2.19. The van der Waals surface area contributed by atoms with Crippen LogP contribution in [0.25, 0.3) is 0 Å². The topological polar surface area (TPSA) is 57.5 Å². The average molecular weight is 226 g/mol. The molecule has 0 fully saturated rings. The van der Waals surface area contributed by atoms with Crippen LogP contribution in [0.5, 0.6) is 0 Å². The third-order valence-electron chi connectivity index (χ3n) is 2.31. The summed E-state index contributed by atoms with van der Waals surface area (Å²) in [6, 6.07) is 4.96. The van der Waals surface area contributed by atoms with Crippen molar-refractivity contribution in [1.29, 1.82) is 0 Å². The summed E-state index contributed by atoms with van der Waals surface area (Å²) in [4.78, 5) is 10.6. The van der Waals surface area contributed by atoms with Crippen molar-refractivity contribution in [2.75, 3.05) is 5.75 Å². The molecule has 3 nitrogen and oxygen atoms in total. The molecule has 2 atom stereocenters. The van der Waals surface area contributed by atoms with Gasteiger partial charge in [0.15, 0.2) is 0 Å². The summed E-state index contributed by atoms with van der Waals surface area (Å²) in [5, 5.41) is 19.1. The van der Waals surface area contributed by atoms with Gasteiger partial charge in [-0.2, -0.15) is 12.6 Å². The van der Waals surface area contributed by atoms with Gasteiger partial charge in [0, 0.05) is 11.3 Å². The molecular formula is C11H14O3S. The van der Waals surface area contributed by atoms with Gasteiger partial charge in [-0.3, -0.25) is 4.79 Å². The number of carbonyl (C=O) groups excluding carboxylic acids is 1. The summed E-state index contributed by atoms with van der Waals surface area (Å²) in [5.41, 5.74) is 1.97. The second-order valence-electron chi connectivity index (χ2n) is 3.43. The van der Waals surface area contributed by atoms with E-state index < -0.39 is 12.2 Å². The normalized spacial score (nSPS) is 14.7. The van der Waals surface area contributed by atoms with E-state index in [-0.39, 0.29) is 5.75 Å². The highest BCUT2D eigenvalue weighted by molar-refractivity contribution is 7.80. The molecule has 0 aliphatic rings. The standard InChI is InChI=1S/C11H14O3S/c1-7-4-8(2-3-9(7)5-12)11(14)10(13)6-15/h2-5,10-11,13-15H,6H2,1H3. The third-order valence-corrected chi connectivity index (χ3v) is 2.69.